The van der Waals surface area contributed by atoms with Gasteiger partial charge in [-0.2, -0.15) is 0 Å². The van der Waals surface area contributed by atoms with Gasteiger partial charge in [-0.3, -0.25) is 0 Å². The zero-order valence-electron chi connectivity index (χ0n) is 13.7. The molecule has 2 heterocycles. The van der Waals surface area contributed by atoms with Gasteiger partial charge in [-0.05, 0) is 26.2 Å². The van der Waals surface area contributed by atoms with Gasteiger partial charge >= 0.3 is 0 Å². The standard InChI is InChI=1S/C16H26N4O2S/c1-12-17-15(19-13-6-4-2-3-5-7-13)10-16(18-12)20-14-8-9-23(21,22)11-14/h10,13-14H,2-9,11H2,1H3,(H2,17,18,19,20). The van der Waals surface area contributed by atoms with E-state index in [4.69, 9.17) is 0 Å². The molecule has 0 amide bonds. The maximum atomic E-state index is 11.6. The lowest BCUT2D eigenvalue weighted by atomic mass is 10.1. The molecule has 1 atom stereocenters. The van der Waals surface area contributed by atoms with Crippen molar-refractivity contribution in [1.29, 1.82) is 0 Å². The number of hydrogen-bond acceptors (Lipinski definition) is 6. The smallest absolute Gasteiger partial charge is 0.152 e. The largest absolute Gasteiger partial charge is 0.367 e. The lowest BCUT2D eigenvalue weighted by Gasteiger charge is -2.18. The Morgan fingerprint density at radius 3 is 2.13 bits per heavy atom. The summed E-state index contributed by atoms with van der Waals surface area (Å²) in [6, 6.07) is 2.34. The van der Waals surface area contributed by atoms with Crippen molar-refractivity contribution in [3.63, 3.8) is 0 Å². The Morgan fingerprint density at radius 2 is 1.57 bits per heavy atom. The van der Waals surface area contributed by atoms with Crippen LogP contribution >= 0.6 is 0 Å². The SMILES string of the molecule is Cc1nc(NC2CCCCCC2)cc(NC2CCS(=O)(=O)C2)n1. The van der Waals surface area contributed by atoms with Gasteiger partial charge in [0, 0.05) is 18.2 Å². The molecule has 1 aliphatic carbocycles. The Kier molecular flexibility index (Phi) is 5.04. The Hall–Kier alpha value is -1.37. The summed E-state index contributed by atoms with van der Waals surface area (Å²) in [7, 11) is -2.88. The van der Waals surface area contributed by atoms with E-state index in [1.54, 1.807) is 0 Å². The Balaban J connectivity index is 1.66. The van der Waals surface area contributed by atoms with Gasteiger partial charge in [-0.25, -0.2) is 18.4 Å². The second kappa shape index (κ2) is 7.03. The molecule has 7 heteroatoms. The summed E-state index contributed by atoms with van der Waals surface area (Å²) in [4.78, 5) is 8.88. The number of rotatable bonds is 4. The van der Waals surface area contributed by atoms with E-state index in [1.165, 1.54) is 38.5 Å². The highest BCUT2D eigenvalue weighted by molar-refractivity contribution is 7.91. The lowest BCUT2D eigenvalue weighted by Crippen LogP contribution is -2.23. The number of nitrogens with one attached hydrogen (secondary N) is 2. The fourth-order valence-electron chi connectivity index (χ4n) is 3.47. The first-order valence-corrected chi connectivity index (χ1v) is 10.4. The predicted molar refractivity (Wildman–Crippen MR) is 92.6 cm³/mol. The normalized spacial score (nSPS) is 25.0. The van der Waals surface area contributed by atoms with Crippen LogP contribution in [0, 0.1) is 6.92 Å². The van der Waals surface area contributed by atoms with Crippen LogP contribution in [-0.2, 0) is 9.84 Å². The molecular weight excluding hydrogens is 312 g/mol. The molecule has 1 saturated carbocycles. The summed E-state index contributed by atoms with van der Waals surface area (Å²) >= 11 is 0. The van der Waals surface area contributed by atoms with E-state index < -0.39 is 9.84 Å². The van der Waals surface area contributed by atoms with Crippen molar-refractivity contribution in [2.75, 3.05) is 22.1 Å². The molecule has 0 bridgehead atoms. The molecule has 1 aliphatic heterocycles. The Labute approximate surface area is 138 Å². The van der Waals surface area contributed by atoms with E-state index in [9.17, 15) is 8.42 Å². The van der Waals surface area contributed by atoms with E-state index in [0.717, 1.165) is 11.6 Å². The van der Waals surface area contributed by atoms with Gasteiger partial charge in [0.05, 0.1) is 11.5 Å². The van der Waals surface area contributed by atoms with Gasteiger partial charge in [0.15, 0.2) is 9.84 Å². The van der Waals surface area contributed by atoms with Gasteiger partial charge in [0.25, 0.3) is 0 Å². The number of sulfone groups is 1. The van der Waals surface area contributed by atoms with Crippen LogP contribution in [0.3, 0.4) is 0 Å². The van der Waals surface area contributed by atoms with Crippen molar-refractivity contribution in [2.45, 2.75) is 64.0 Å². The molecule has 6 nitrogen and oxygen atoms in total. The van der Waals surface area contributed by atoms with Crippen LogP contribution in [0.5, 0.6) is 0 Å². The Morgan fingerprint density at radius 1 is 0.957 bits per heavy atom. The van der Waals surface area contributed by atoms with E-state index in [-0.39, 0.29) is 17.5 Å². The minimum atomic E-state index is -2.88. The summed E-state index contributed by atoms with van der Waals surface area (Å²) in [5, 5.41) is 6.79. The third kappa shape index (κ3) is 4.80. The zero-order chi connectivity index (χ0) is 16.3. The highest BCUT2D eigenvalue weighted by Crippen LogP contribution is 2.22. The minimum absolute atomic E-state index is 0.0416. The van der Waals surface area contributed by atoms with Gasteiger partial charge in [-0.1, -0.05) is 25.7 Å². The Bertz CT molecular complexity index is 639. The van der Waals surface area contributed by atoms with Crippen molar-refractivity contribution in [2.24, 2.45) is 0 Å². The molecule has 2 N–H and O–H groups in total. The first kappa shape index (κ1) is 16.5. The summed E-state index contributed by atoms with van der Waals surface area (Å²) < 4.78 is 23.2. The highest BCUT2D eigenvalue weighted by atomic mass is 32.2. The van der Waals surface area contributed by atoms with Gasteiger partial charge in [-0.15, -0.1) is 0 Å². The molecular formula is C16H26N4O2S. The van der Waals surface area contributed by atoms with Gasteiger partial charge < -0.3 is 10.6 Å². The third-order valence-corrected chi connectivity index (χ3v) is 6.40. The molecule has 23 heavy (non-hydrogen) atoms. The quantitative estimate of drug-likeness (QED) is 0.821. The molecule has 0 spiro atoms. The number of hydrogen-bond donors (Lipinski definition) is 2. The lowest BCUT2D eigenvalue weighted by molar-refractivity contribution is 0.602. The number of nitrogens with zero attached hydrogens (tertiary/aromatic N) is 2. The molecule has 1 unspecified atom stereocenters. The third-order valence-electron chi connectivity index (χ3n) is 4.63. The van der Waals surface area contributed by atoms with Crippen LogP contribution in [0.1, 0.15) is 50.8 Å². The van der Waals surface area contributed by atoms with Crippen LogP contribution in [0.15, 0.2) is 6.07 Å². The van der Waals surface area contributed by atoms with Crippen LogP contribution in [0.4, 0.5) is 11.6 Å². The molecule has 128 valence electrons. The maximum absolute atomic E-state index is 11.6. The fraction of sp³-hybridized carbons (Fsp3) is 0.750. The summed E-state index contributed by atoms with van der Waals surface area (Å²) in [6.45, 7) is 1.87. The van der Waals surface area contributed by atoms with E-state index in [2.05, 4.69) is 20.6 Å². The first-order valence-electron chi connectivity index (χ1n) is 8.59. The summed E-state index contributed by atoms with van der Waals surface area (Å²) in [6.07, 6.45) is 8.21. The van der Waals surface area contributed by atoms with E-state index in [0.29, 0.717) is 18.3 Å². The molecule has 1 aromatic heterocycles. The van der Waals surface area contributed by atoms with Crippen molar-refractivity contribution in [3.05, 3.63) is 11.9 Å². The van der Waals surface area contributed by atoms with Gasteiger partial charge in [0.2, 0.25) is 0 Å². The average molecular weight is 338 g/mol. The predicted octanol–water partition coefficient (Wildman–Crippen LogP) is 2.52. The van der Waals surface area contributed by atoms with Gasteiger partial charge in [0.1, 0.15) is 17.5 Å². The summed E-state index contributed by atoms with van der Waals surface area (Å²) in [5.41, 5.74) is 0. The number of aromatic nitrogens is 2. The molecule has 2 fully saturated rings. The molecule has 0 radical (unpaired) electrons. The molecule has 0 aromatic carbocycles. The fourth-order valence-corrected chi connectivity index (χ4v) is 5.14. The maximum Gasteiger partial charge on any atom is 0.152 e. The topological polar surface area (TPSA) is 84.0 Å². The van der Waals surface area contributed by atoms with Crippen molar-refractivity contribution in [3.8, 4) is 0 Å². The van der Waals surface area contributed by atoms with Crippen LogP contribution in [-0.4, -0.2) is 42.0 Å². The van der Waals surface area contributed by atoms with Crippen LogP contribution < -0.4 is 10.6 Å². The second-order valence-corrected chi connectivity index (χ2v) is 8.99. The minimum Gasteiger partial charge on any atom is -0.367 e. The second-order valence-electron chi connectivity index (χ2n) is 6.76. The monoisotopic (exact) mass is 338 g/mol. The first-order chi connectivity index (χ1) is 11.0. The summed E-state index contributed by atoms with van der Waals surface area (Å²) in [5.74, 6) is 2.72. The molecule has 2 aliphatic rings. The number of anilines is 2. The van der Waals surface area contributed by atoms with Crippen molar-refractivity contribution in [1.82, 2.24) is 9.97 Å². The molecule has 1 aromatic rings. The molecule has 3 rings (SSSR count). The van der Waals surface area contributed by atoms with Crippen molar-refractivity contribution < 1.29 is 8.42 Å². The zero-order valence-corrected chi connectivity index (χ0v) is 14.5. The van der Waals surface area contributed by atoms with E-state index in [1.807, 2.05) is 13.0 Å². The number of aryl methyl sites for hydroxylation is 1. The average Bonchev–Trinajstić information content (AvgIpc) is 2.67. The van der Waals surface area contributed by atoms with Crippen LogP contribution in [0.25, 0.3) is 0 Å². The highest BCUT2D eigenvalue weighted by Gasteiger charge is 2.28. The molecule has 1 saturated heterocycles. The van der Waals surface area contributed by atoms with E-state index >= 15 is 0 Å². The van der Waals surface area contributed by atoms with Crippen molar-refractivity contribution >= 4 is 21.5 Å². The van der Waals surface area contributed by atoms with Crippen LogP contribution in [0.2, 0.25) is 0 Å².